The molecule has 0 spiro atoms. The molecule has 0 aliphatic heterocycles. The Morgan fingerprint density at radius 3 is 2.95 bits per heavy atom. The molecule has 0 bridgehead atoms. The van der Waals surface area contributed by atoms with E-state index in [1.165, 1.54) is 16.9 Å². The summed E-state index contributed by atoms with van der Waals surface area (Å²) in [6, 6.07) is 3.16. The van der Waals surface area contributed by atoms with Gasteiger partial charge in [0.25, 0.3) is 5.91 Å². The zero-order valence-corrected chi connectivity index (χ0v) is 13.1. The standard InChI is InChI=1S/C11H11BrN4O4S/c12-8-6-15(14-10(8)16(18)19)5-7-1-2-9(20-7)11(17)13-3-4-21/h1-2,6,21H,3-5H2,(H,13,17). The Kier molecular flexibility index (Phi) is 5.02. The van der Waals surface area contributed by atoms with Crippen molar-refractivity contribution in [2.45, 2.75) is 6.54 Å². The van der Waals surface area contributed by atoms with Crippen molar-refractivity contribution in [3.63, 3.8) is 0 Å². The number of carbonyl (C=O) groups excluding carboxylic acids is 1. The fourth-order valence-corrected chi connectivity index (χ4v) is 2.16. The highest BCUT2D eigenvalue weighted by Gasteiger charge is 2.19. The van der Waals surface area contributed by atoms with Crippen LogP contribution in [0.4, 0.5) is 5.82 Å². The van der Waals surface area contributed by atoms with Gasteiger partial charge in [-0.15, -0.1) is 0 Å². The number of carbonyl (C=O) groups is 1. The molecule has 10 heteroatoms. The molecule has 0 aliphatic carbocycles. The summed E-state index contributed by atoms with van der Waals surface area (Å²) in [5.74, 6) is 0.573. The zero-order chi connectivity index (χ0) is 15.4. The number of thiol groups is 1. The zero-order valence-electron chi connectivity index (χ0n) is 10.7. The van der Waals surface area contributed by atoms with Crippen molar-refractivity contribution < 1.29 is 14.1 Å². The molecule has 0 radical (unpaired) electrons. The highest BCUT2D eigenvalue weighted by Crippen LogP contribution is 2.22. The van der Waals surface area contributed by atoms with E-state index < -0.39 is 4.92 Å². The number of nitro groups is 1. The largest absolute Gasteiger partial charge is 0.454 e. The van der Waals surface area contributed by atoms with Gasteiger partial charge in [-0.2, -0.15) is 17.3 Å². The summed E-state index contributed by atoms with van der Waals surface area (Å²) in [5, 5.41) is 17.1. The third-order valence-corrected chi connectivity index (χ3v) is 3.26. The van der Waals surface area contributed by atoms with E-state index in [1.54, 1.807) is 6.07 Å². The maximum Gasteiger partial charge on any atom is 0.404 e. The van der Waals surface area contributed by atoms with Crippen LogP contribution in [0.25, 0.3) is 0 Å². The summed E-state index contributed by atoms with van der Waals surface area (Å²) in [4.78, 5) is 21.8. The fraction of sp³-hybridized carbons (Fsp3) is 0.273. The van der Waals surface area contributed by atoms with Gasteiger partial charge >= 0.3 is 5.82 Å². The van der Waals surface area contributed by atoms with Crippen molar-refractivity contribution >= 4 is 40.3 Å². The first kappa shape index (κ1) is 15.6. The van der Waals surface area contributed by atoms with Gasteiger partial charge in [-0.3, -0.25) is 4.79 Å². The lowest BCUT2D eigenvalue weighted by Gasteiger charge is -1.99. The van der Waals surface area contributed by atoms with Crippen LogP contribution in [0.5, 0.6) is 0 Å². The summed E-state index contributed by atoms with van der Waals surface area (Å²) in [6.07, 6.45) is 1.47. The van der Waals surface area contributed by atoms with Crippen molar-refractivity contribution in [2.75, 3.05) is 12.3 Å². The summed E-state index contributed by atoms with van der Waals surface area (Å²) in [7, 11) is 0. The van der Waals surface area contributed by atoms with Crippen molar-refractivity contribution in [1.29, 1.82) is 0 Å². The molecule has 0 atom stereocenters. The second-order valence-corrected chi connectivity index (χ2v) is 5.30. The Hall–Kier alpha value is -1.81. The van der Waals surface area contributed by atoms with Gasteiger partial charge < -0.3 is 19.8 Å². The minimum atomic E-state index is -0.584. The quantitative estimate of drug-likeness (QED) is 0.456. The van der Waals surface area contributed by atoms with Crippen molar-refractivity contribution in [2.24, 2.45) is 0 Å². The average Bonchev–Trinajstić information content (AvgIpc) is 3.03. The first-order chi connectivity index (χ1) is 10.0. The van der Waals surface area contributed by atoms with E-state index in [4.69, 9.17) is 4.42 Å². The number of hydrogen-bond acceptors (Lipinski definition) is 6. The number of rotatable bonds is 6. The molecule has 21 heavy (non-hydrogen) atoms. The van der Waals surface area contributed by atoms with E-state index in [0.29, 0.717) is 18.1 Å². The molecule has 0 aliphatic rings. The van der Waals surface area contributed by atoms with E-state index in [0.717, 1.165) is 0 Å². The SMILES string of the molecule is O=C(NCCS)c1ccc(Cn2cc(Br)c([N+](=O)[O-])n2)o1. The monoisotopic (exact) mass is 374 g/mol. The molecule has 0 fully saturated rings. The lowest BCUT2D eigenvalue weighted by molar-refractivity contribution is -0.390. The van der Waals surface area contributed by atoms with Gasteiger partial charge in [-0.05, 0) is 33.0 Å². The molecule has 0 unspecified atom stereocenters. The van der Waals surface area contributed by atoms with E-state index in [2.05, 4.69) is 39.0 Å². The molecule has 2 aromatic heterocycles. The molecule has 2 rings (SSSR count). The Morgan fingerprint density at radius 2 is 2.33 bits per heavy atom. The number of halogens is 1. The van der Waals surface area contributed by atoms with E-state index in [-0.39, 0.29) is 28.5 Å². The molecule has 2 heterocycles. The second-order valence-electron chi connectivity index (χ2n) is 4.00. The minimum Gasteiger partial charge on any atom is -0.454 e. The van der Waals surface area contributed by atoms with Crippen LogP contribution in [0.1, 0.15) is 16.3 Å². The third kappa shape index (κ3) is 3.85. The molecular formula is C11H11BrN4O4S. The molecule has 112 valence electrons. The van der Waals surface area contributed by atoms with Gasteiger partial charge in [0.05, 0.1) is 11.3 Å². The average molecular weight is 375 g/mol. The highest BCUT2D eigenvalue weighted by atomic mass is 79.9. The van der Waals surface area contributed by atoms with Crippen LogP contribution in [-0.2, 0) is 6.54 Å². The van der Waals surface area contributed by atoms with Gasteiger partial charge in [0.15, 0.2) is 5.76 Å². The van der Waals surface area contributed by atoms with Gasteiger partial charge in [0.2, 0.25) is 0 Å². The van der Waals surface area contributed by atoms with Gasteiger partial charge in [0.1, 0.15) is 16.8 Å². The first-order valence-corrected chi connectivity index (χ1v) is 7.29. The number of aromatic nitrogens is 2. The topological polar surface area (TPSA) is 103 Å². The van der Waals surface area contributed by atoms with Crippen LogP contribution in [0, 0.1) is 10.1 Å². The number of hydrogen-bond donors (Lipinski definition) is 2. The normalized spacial score (nSPS) is 10.6. The number of amides is 1. The van der Waals surface area contributed by atoms with Crippen LogP contribution in [0.3, 0.4) is 0 Å². The van der Waals surface area contributed by atoms with Crippen molar-refractivity contribution in [3.8, 4) is 0 Å². The number of nitrogens with zero attached hydrogens (tertiary/aromatic N) is 3. The first-order valence-electron chi connectivity index (χ1n) is 5.86. The lowest BCUT2D eigenvalue weighted by Crippen LogP contribution is -2.24. The second kappa shape index (κ2) is 6.76. The molecule has 0 saturated carbocycles. The molecule has 1 N–H and O–H groups in total. The Morgan fingerprint density at radius 1 is 1.57 bits per heavy atom. The maximum atomic E-state index is 11.7. The van der Waals surface area contributed by atoms with Crippen LogP contribution >= 0.6 is 28.6 Å². The summed E-state index contributed by atoms with van der Waals surface area (Å²) < 4.78 is 7.01. The van der Waals surface area contributed by atoms with E-state index in [1.807, 2.05) is 0 Å². The van der Waals surface area contributed by atoms with E-state index >= 15 is 0 Å². The summed E-state index contributed by atoms with van der Waals surface area (Å²) >= 11 is 7.05. The smallest absolute Gasteiger partial charge is 0.404 e. The number of nitrogens with one attached hydrogen (secondary N) is 1. The third-order valence-electron chi connectivity index (χ3n) is 2.47. The van der Waals surface area contributed by atoms with Crippen molar-refractivity contribution in [1.82, 2.24) is 15.1 Å². The molecule has 8 nitrogen and oxygen atoms in total. The van der Waals surface area contributed by atoms with Crippen LogP contribution in [0.15, 0.2) is 27.2 Å². The number of furan rings is 1. The molecule has 1 amide bonds. The van der Waals surface area contributed by atoms with Crippen LogP contribution < -0.4 is 5.32 Å². The minimum absolute atomic E-state index is 0.174. The lowest BCUT2D eigenvalue weighted by atomic mass is 10.4. The van der Waals surface area contributed by atoms with Gasteiger partial charge in [-0.1, -0.05) is 0 Å². The molecular weight excluding hydrogens is 364 g/mol. The van der Waals surface area contributed by atoms with Crippen LogP contribution in [0.2, 0.25) is 0 Å². The van der Waals surface area contributed by atoms with Gasteiger partial charge in [0, 0.05) is 12.3 Å². The van der Waals surface area contributed by atoms with E-state index in [9.17, 15) is 14.9 Å². The Labute approximate surface area is 133 Å². The Balaban J connectivity index is 2.07. The molecule has 0 aromatic carbocycles. The molecule has 2 aromatic rings. The molecule has 0 saturated heterocycles. The predicted molar refractivity (Wildman–Crippen MR) is 80.6 cm³/mol. The summed E-state index contributed by atoms with van der Waals surface area (Å²) in [6.45, 7) is 0.628. The maximum absolute atomic E-state index is 11.7. The Bertz CT molecular complexity index is 669. The highest BCUT2D eigenvalue weighted by molar-refractivity contribution is 9.10. The summed E-state index contributed by atoms with van der Waals surface area (Å²) in [5.41, 5.74) is 0. The van der Waals surface area contributed by atoms with Gasteiger partial charge in [-0.25, -0.2) is 0 Å². The predicted octanol–water partition coefficient (Wildman–Crippen LogP) is 1.85. The van der Waals surface area contributed by atoms with Crippen molar-refractivity contribution in [3.05, 3.63) is 44.4 Å². The fourth-order valence-electron chi connectivity index (χ4n) is 1.59. The van der Waals surface area contributed by atoms with Crippen LogP contribution in [-0.4, -0.2) is 32.9 Å².